The number of para-hydroxylation sites is 1. The van der Waals surface area contributed by atoms with E-state index in [2.05, 4.69) is 9.38 Å². The lowest BCUT2D eigenvalue weighted by Gasteiger charge is -2.17. The number of pyridine rings is 1. The maximum absolute atomic E-state index is 11.9. The minimum absolute atomic E-state index is 0.372. The Hall–Kier alpha value is -1.10. The topological polar surface area (TPSA) is 48.3 Å². The number of halogens is 1. The summed E-state index contributed by atoms with van der Waals surface area (Å²) in [6.45, 7) is 5.66. The Morgan fingerprint density at radius 3 is 2.68 bits per heavy atom. The molecule has 2 rings (SSSR count). The second-order valence-electron chi connectivity index (χ2n) is 5.15. The van der Waals surface area contributed by atoms with Gasteiger partial charge in [-0.3, -0.25) is 0 Å². The van der Waals surface area contributed by atoms with Crippen LogP contribution in [0.25, 0.3) is 10.9 Å². The number of hydrogen-bond acceptors (Lipinski definition) is 3. The Kier molecular flexibility index (Phi) is 4.13. The SMILES string of the molecule is CC(C)(C)[S@+]([O-])/N=C/c1cc(Cl)nc2ccccc12. The highest BCUT2D eigenvalue weighted by molar-refractivity contribution is 7.91. The molecule has 0 spiro atoms. The Morgan fingerprint density at radius 2 is 2.00 bits per heavy atom. The van der Waals surface area contributed by atoms with Crippen molar-refractivity contribution in [3.8, 4) is 0 Å². The van der Waals surface area contributed by atoms with Gasteiger partial charge in [0.05, 0.1) is 11.7 Å². The van der Waals surface area contributed by atoms with Gasteiger partial charge in [0, 0.05) is 10.9 Å². The van der Waals surface area contributed by atoms with E-state index < -0.39 is 11.4 Å². The zero-order valence-corrected chi connectivity index (χ0v) is 12.6. The van der Waals surface area contributed by atoms with Gasteiger partial charge in [-0.1, -0.05) is 34.2 Å². The fourth-order valence-electron chi connectivity index (χ4n) is 1.54. The van der Waals surface area contributed by atoms with Crippen molar-refractivity contribution in [3.63, 3.8) is 0 Å². The van der Waals surface area contributed by atoms with Gasteiger partial charge in [0.25, 0.3) is 0 Å². The van der Waals surface area contributed by atoms with E-state index in [1.54, 1.807) is 12.3 Å². The number of rotatable bonds is 2. The Balaban J connectivity index is 2.43. The summed E-state index contributed by atoms with van der Waals surface area (Å²) in [5.41, 5.74) is 1.63. The van der Waals surface area contributed by atoms with Crippen LogP contribution in [-0.2, 0) is 11.4 Å². The van der Waals surface area contributed by atoms with Crippen molar-refractivity contribution < 1.29 is 4.55 Å². The Labute approximate surface area is 121 Å². The predicted molar refractivity (Wildman–Crippen MR) is 82.2 cm³/mol. The zero-order chi connectivity index (χ0) is 14.0. The molecule has 0 amide bonds. The summed E-state index contributed by atoms with van der Waals surface area (Å²) in [7, 11) is 0. The van der Waals surface area contributed by atoms with Crippen molar-refractivity contribution in [2.45, 2.75) is 25.5 Å². The highest BCUT2D eigenvalue weighted by atomic mass is 35.5. The first-order chi connectivity index (χ1) is 8.88. The van der Waals surface area contributed by atoms with Crippen LogP contribution in [0, 0.1) is 0 Å². The summed E-state index contributed by atoms with van der Waals surface area (Å²) < 4.78 is 15.7. The quantitative estimate of drug-likeness (QED) is 0.481. The van der Waals surface area contributed by atoms with Crippen LogP contribution in [-0.4, -0.2) is 20.5 Å². The first kappa shape index (κ1) is 14.3. The monoisotopic (exact) mass is 294 g/mol. The maximum atomic E-state index is 11.9. The van der Waals surface area contributed by atoms with Crippen molar-refractivity contribution in [1.82, 2.24) is 4.98 Å². The molecule has 2 aromatic rings. The summed E-state index contributed by atoms with van der Waals surface area (Å²) in [5.74, 6) is 0. The third-order valence-corrected chi connectivity index (χ3v) is 4.07. The highest BCUT2D eigenvalue weighted by Gasteiger charge is 2.25. The van der Waals surface area contributed by atoms with Crippen LogP contribution < -0.4 is 0 Å². The molecule has 1 aromatic carbocycles. The van der Waals surface area contributed by atoms with Crippen molar-refractivity contribution >= 4 is 40.1 Å². The molecule has 0 saturated heterocycles. The van der Waals surface area contributed by atoms with Crippen LogP contribution in [0.5, 0.6) is 0 Å². The van der Waals surface area contributed by atoms with Crippen molar-refractivity contribution in [2.75, 3.05) is 0 Å². The Morgan fingerprint density at radius 1 is 1.32 bits per heavy atom. The lowest BCUT2D eigenvalue weighted by molar-refractivity contribution is 0.562. The van der Waals surface area contributed by atoms with Crippen LogP contribution in [0.1, 0.15) is 26.3 Å². The van der Waals surface area contributed by atoms with Gasteiger partial charge in [-0.15, -0.1) is 0 Å². The van der Waals surface area contributed by atoms with Gasteiger partial charge in [-0.2, -0.15) is 0 Å². The summed E-state index contributed by atoms with van der Waals surface area (Å²) in [6, 6.07) is 9.39. The normalized spacial score (nSPS) is 14.2. The molecule has 5 heteroatoms. The van der Waals surface area contributed by atoms with Crippen LogP contribution in [0.2, 0.25) is 5.15 Å². The molecule has 100 valence electrons. The predicted octanol–water partition coefficient (Wildman–Crippen LogP) is 3.77. The summed E-state index contributed by atoms with van der Waals surface area (Å²) in [4.78, 5) is 4.24. The molecular weight excluding hydrogens is 280 g/mol. The van der Waals surface area contributed by atoms with E-state index in [-0.39, 0.29) is 4.75 Å². The van der Waals surface area contributed by atoms with Gasteiger partial charge >= 0.3 is 0 Å². The van der Waals surface area contributed by atoms with Gasteiger partial charge < -0.3 is 4.55 Å². The van der Waals surface area contributed by atoms with E-state index in [1.165, 1.54) is 0 Å². The molecule has 0 bridgehead atoms. The molecule has 0 radical (unpaired) electrons. The standard InChI is InChI=1S/C14H15ClN2OS/c1-14(2,3)19(18)16-9-10-8-13(15)17-12-7-5-4-6-11(10)12/h4-9H,1-3H3/b16-9+/t19-/m0/s1. The Bertz CT molecular complexity index is 622. The van der Waals surface area contributed by atoms with Crippen LogP contribution >= 0.6 is 11.6 Å². The fraction of sp³-hybridized carbons (Fsp3) is 0.286. The van der Waals surface area contributed by atoms with E-state index >= 15 is 0 Å². The van der Waals surface area contributed by atoms with Crippen molar-refractivity contribution in [3.05, 3.63) is 41.0 Å². The molecule has 1 atom stereocenters. The molecule has 0 aliphatic rings. The molecule has 1 heterocycles. The fourth-order valence-corrected chi connectivity index (χ4v) is 2.27. The number of nitrogens with zero attached hydrogens (tertiary/aromatic N) is 2. The first-order valence-corrected chi connectivity index (χ1v) is 7.38. The van der Waals surface area contributed by atoms with E-state index in [4.69, 9.17) is 11.6 Å². The molecule has 0 aliphatic heterocycles. The lowest BCUT2D eigenvalue weighted by Crippen LogP contribution is -2.25. The third kappa shape index (κ3) is 3.47. The van der Waals surface area contributed by atoms with Crippen LogP contribution in [0.4, 0.5) is 0 Å². The number of aromatic nitrogens is 1. The molecule has 0 unspecified atom stereocenters. The molecule has 0 saturated carbocycles. The number of fused-ring (bicyclic) bond motifs is 1. The minimum Gasteiger partial charge on any atom is -0.591 e. The second-order valence-corrected chi connectivity index (χ2v) is 7.47. The third-order valence-electron chi connectivity index (χ3n) is 2.53. The minimum atomic E-state index is -1.28. The first-order valence-electron chi connectivity index (χ1n) is 5.89. The van der Waals surface area contributed by atoms with Crippen molar-refractivity contribution in [1.29, 1.82) is 0 Å². The molecule has 1 aromatic heterocycles. The lowest BCUT2D eigenvalue weighted by atomic mass is 10.1. The van der Waals surface area contributed by atoms with Gasteiger partial charge in [0.15, 0.2) is 0 Å². The van der Waals surface area contributed by atoms with Crippen LogP contribution in [0.15, 0.2) is 34.7 Å². The summed E-state index contributed by atoms with van der Waals surface area (Å²) >= 11 is 4.70. The highest BCUT2D eigenvalue weighted by Crippen LogP contribution is 2.21. The van der Waals surface area contributed by atoms with E-state index in [9.17, 15) is 4.55 Å². The second kappa shape index (κ2) is 5.49. The average Bonchev–Trinajstić information content (AvgIpc) is 2.34. The molecule has 0 fully saturated rings. The maximum Gasteiger partial charge on any atom is 0.144 e. The molecule has 19 heavy (non-hydrogen) atoms. The molecule has 0 N–H and O–H groups in total. The van der Waals surface area contributed by atoms with Crippen LogP contribution in [0.3, 0.4) is 0 Å². The van der Waals surface area contributed by atoms with Gasteiger partial charge in [-0.25, -0.2) is 4.98 Å². The summed E-state index contributed by atoms with van der Waals surface area (Å²) in [6.07, 6.45) is 1.61. The van der Waals surface area contributed by atoms with Crippen molar-refractivity contribution in [2.24, 2.45) is 4.40 Å². The summed E-state index contributed by atoms with van der Waals surface area (Å²) in [5, 5.41) is 1.35. The van der Waals surface area contributed by atoms with E-state index in [0.717, 1.165) is 16.5 Å². The number of hydrogen-bond donors (Lipinski definition) is 0. The van der Waals surface area contributed by atoms with Gasteiger partial charge in [0.1, 0.15) is 21.3 Å². The molecular formula is C14H15ClN2OS. The average molecular weight is 295 g/mol. The smallest absolute Gasteiger partial charge is 0.144 e. The molecule has 3 nitrogen and oxygen atoms in total. The van der Waals surface area contributed by atoms with Gasteiger partial charge in [-0.05, 0) is 32.9 Å². The molecule has 0 aliphatic carbocycles. The largest absolute Gasteiger partial charge is 0.591 e. The van der Waals surface area contributed by atoms with E-state index in [1.807, 2.05) is 45.0 Å². The zero-order valence-electron chi connectivity index (χ0n) is 11.1. The van der Waals surface area contributed by atoms with Gasteiger partial charge in [0.2, 0.25) is 0 Å². The van der Waals surface area contributed by atoms with E-state index in [0.29, 0.717) is 5.15 Å². The number of benzene rings is 1.